The van der Waals surface area contributed by atoms with E-state index < -0.39 is 0 Å². The zero-order valence-electron chi connectivity index (χ0n) is 12.5. The molecule has 1 spiro atoms. The molecule has 5 saturated carbocycles. The van der Waals surface area contributed by atoms with Gasteiger partial charge in [0.25, 0.3) is 0 Å². The summed E-state index contributed by atoms with van der Waals surface area (Å²) in [5.41, 5.74) is -0.0678. The van der Waals surface area contributed by atoms with Gasteiger partial charge >= 0.3 is 0 Å². The molecular formula is C18H26O2. The third-order valence-corrected chi connectivity index (χ3v) is 8.65. The molecule has 7 atom stereocenters. The van der Waals surface area contributed by atoms with Crippen molar-refractivity contribution in [2.75, 3.05) is 0 Å². The average molecular weight is 274 g/mol. The lowest BCUT2D eigenvalue weighted by molar-refractivity contribution is -0.165. The molecule has 20 heavy (non-hydrogen) atoms. The Bertz CT molecular complexity index is 500. The van der Waals surface area contributed by atoms with Crippen molar-refractivity contribution in [2.45, 2.75) is 70.3 Å². The van der Waals surface area contributed by atoms with Gasteiger partial charge in [0.05, 0.1) is 5.60 Å². The molecule has 2 nitrogen and oxygen atoms in total. The topological polar surface area (TPSA) is 37.3 Å². The molecule has 1 N–H and O–H groups in total. The minimum absolute atomic E-state index is 0.0381. The minimum atomic E-state index is -0.354. The van der Waals surface area contributed by atoms with E-state index in [9.17, 15) is 9.90 Å². The molecule has 5 aliphatic rings. The fourth-order valence-corrected chi connectivity index (χ4v) is 7.49. The fraction of sp³-hybridized carbons (Fsp3) is 0.944. The highest BCUT2D eigenvalue weighted by molar-refractivity contribution is 5.87. The van der Waals surface area contributed by atoms with E-state index in [0.717, 1.165) is 38.0 Å². The Kier molecular flexibility index (Phi) is 2.04. The first-order chi connectivity index (χ1) is 9.51. The lowest BCUT2D eigenvalue weighted by Gasteiger charge is -2.56. The van der Waals surface area contributed by atoms with Gasteiger partial charge in [0.15, 0.2) is 0 Å². The second kappa shape index (κ2) is 3.34. The Morgan fingerprint density at radius 1 is 1.05 bits per heavy atom. The van der Waals surface area contributed by atoms with E-state index >= 15 is 0 Å². The van der Waals surface area contributed by atoms with Crippen LogP contribution in [0.3, 0.4) is 0 Å². The molecule has 2 heteroatoms. The van der Waals surface area contributed by atoms with Crippen LogP contribution < -0.4 is 0 Å². The molecule has 5 aliphatic carbocycles. The highest BCUT2D eigenvalue weighted by Crippen LogP contribution is 2.77. The Morgan fingerprint density at radius 2 is 1.90 bits per heavy atom. The summed E-state index contributed by atoms with van der Waals surface area (Å²) in [6.45, 7) is 2.23. The smallest absolute Gasteiger partial charge is 0.139 e. The summed E-state index contributed by atoms with van der Waals surface area (Å²) < 4.78 is 0. The van der Waals surface area contributed by atoms with Crippen LogP contribution in [0.4, 0.5) is 0 Å². The van der Waals surface area contributed by atoms with Crippen molar-refractivity contribution in [1.29, 1.82) is 0 Å². The van der Waals surface area contributed by atoms with Gasteiger partial charge < -0.3 is 5.11 Å². The maximum atomic E-state index is 12.3. The zero-order chi connectivity index (χ0) is 13.8. The third-order valence-electron chi connectivity index (χ3n) is 8.65. The maximum absolute atomic E-state index is 12.3. The van der Waals surface area contributed by atoms with Crippen LogP contribution in [0.1, 0.15) is 64.7 Å². The molecule has 0 aromatic rings. The van der Waals surface area contributed by atoms with Crippen LogP contribution in [0.2, 0.25) is 0 Å². The molecule has 0 aromatic heterocycles. The first-order valence-corrected chi connectivity index (χ1v) is 8.77. The molecule has 0 amide bonds. The lowest BCUT2D eigenvalue weighted by Crippen LogP contribution is -2.57. The normalized spacial score (nSPS) is 63.4. The number of fused-ring (bicyclic) bond motifs is 4. The van der Waals surface area contributed by atoms with Gasteiger partial charge in [-0.2, -0.15) is 0 Å². The second-order valence-electron chi connectivity index (χ2n) is 8.85. The zero-order valence-corrected chi connectivity index (χ0v) is 12.5. The van der Waals surface area contributed by atoms with E-state index in [2.05, 4.69) is 6.92 Å². The summed E-state index contributed by atoms with van der Waals surface area (Å²) in [6, 6.07) is 0. The maximum Gasteiger partial charge on any atom is 0.139 e. The molecule has 0 saturated heterocycles. The number of Topliss-reactive ketones (excluding diaryl/α,β-unsaturated/α-hetero) is 1. The van der Waals surface area contributed by atoms with Gasteiger partial charge in [-0.05, 0) is 75.0 Å². The van der Waals surface area contributed by atoms with Crippen LogP contribution in [-0.2, 0) is 4.79 Å². The van der Waals surface area contributed by atoms with Crippen LogP contribution in [0.25, 0.3) is 0 Å². The van der Waals surface area contributed by atoms with Gasteiger partial charge in [0, 0.05) is 17.3 Å². The minimum Gasteiger partial charge on any atom is -0.389 e. The van der Waals surface area contributed by atoms with Crippen molar-refractivity contribution >= 4 is 5.78 Å². The van der Waals surface area contributed by atoms with Crippen LogP contribution in [0.5, 0.6) is 0 Å². The lowest BCUT2D eigenvalue weighted by atomic mass is 9.50. The molecule has 0 radical (unpaired) electrons. The summed E-state index contributed by atoms with van der Waals surface area (Å²) in [4.78, 5) is 12.3. The molecule has 5 rings (SSSR count). The Hall–Kier alpha value is -0.370. The van der Waals surface area contributed by atoms with E-state index in [1.165, 1.54) is 25.7 Å². The van der Waals surface area contributed by atoms with Crippen molar-refractivity contribution in [3.05, 3.63) is 0 Å². The van der Waals surface area contributed by atoms with E-state index in [-0.39, 0.29) is 11.0 Å². The largest absolute Gasteiger partial charge is 0.389 e. The summed E-state index contributed by atoms with van der Waals surface area (Å²) in [6.07, 6.45) is 10.2. The van der Waals surface area contributed by atoms with Gasteiger partial charge in [-0.25, -0.2) is 0 Å². The SMILES string of the molecule is C[C@]12CC[C@@H]3[C@H](CC[C@]45C[C@@H]4CC[C@]35O)[C@@H]1CCC2=O. The monoisotopic (exact) mass is 274 g/mol. The summed E-state index contributed by atoms with van der Waals surface area (Å²) in [7, 11) is 0. The molecule has 0 unspecified atom stereocenters. The number of aliphatic hydroxyl groups is 1. The van der Waals surface area contributed by atoms with Gasteiger partial charge in [0.2, 0.25) is 0 Å². The standard InChI is InChI=1S/C18H26O2/c1-16-7-6-14-12(13(16)2-3-15(16)19)5-8-17-10-11(17)4-9-18(14,17)20/h11-14,20H,2-10H2,1H3/t11-,12+,13-,14+,16-,17-,18-/m0/s1. The average Bonchev–Trinajstić information content (AvgIpc) is 2.96. The van der Waals surface area contributed by atoms with Crippen LogP contribution in [0, 0.1) is 34.5 Å². The molecule has 110 valence electrons. The summed E-state index contributed by atoms with van der Waals surface area (Å²) in [5, 5.41) is 11.5. The Labute approximate surface area is 121 Å². The van der Waals surface area contributed by atoms with E-state index in [0.29, 0.717) is 29.0 Å². The molecular weight excluding hydrogens is 248 g/mol. The van der Waals surface area contributed by atoms with Gasteiger partial charge in [-0.15, -0.1) is 0 Å². The Morgan fingerprint density at radius 3 is 2.70 bits per heavy atom. The number of hydrogen-bond acceptors (Lipinski definition) is 2. The van der Waals surface area contributed by atoms with Crippen molar-refractivity contribution < 1.29 is 9.90 Å². The number of carbonyl (C=O) groups excluding carboxylic acids is 1. The quantitative estimate of drug-likeness (QED) is 0.735. The number of hydrogen-bond donors (Lipinski definition) is 1. The first kappa shape index (κ1) is 12.2. The molecule has 0 bridgehead atoms. The highest BCUT2D eigenvalue weighted by atomic mass is 16.3. The van der Waals surface area contributed by atoms with Gasteiger partial charge in [-0.3, -0.25) is 4.79 Å². The molecule has 0 aliphatic heterocycles. The summed E-state index contributed by atoms with van der Waals surface area (Å²) in [5.74, 6) is 3.08. The van der Waals surface area contributed by atoms with Gasteiger partial charge in [-0.1, -0.05) is 6.92 Å². The first-order valence-electron chi connectivity index (χ1n) is 8.77. The number of ketones is 1. The fourth-order valence-electron chi connectivity index (χ4n) is 7.49. The van der Waals surface area contributed by atoms with Crippen molar-refractivity contribution in [3.8, 4) is 0 Å². The van der Waals surface area contributed by atoms with Gasteiger partial charge in [0.1, 0.15) is 5.78 Å². The Balaban J connectivity index is 1.54. The van der Waals surface area contributed by atoms with Crippen LogP contribution in [-0.4, -0.2) is 16.5 Å². The van der Waals surface area contributed by atoms with E-state index in [1.807, 2.05) is 0 Å². The molecule has 0 heterocycles. The van der Waals surface area contributed by atoms with Crippen LogP contribution >= 0.6 is 0 Å². The van der Waals surface area contributed by atoms with E-state index in [4.69, 9.17) is 0 Å². The van der Waals surface area contributed by atoms with Crippen molar-refractivity contribution in [2.24, 2.45) is 34.5 Å². The van der Waals surface area contributed by atoms with Crippen LogP contribution in [0.15, 0.2) is 0 Å². The van der Waals surface area contributed by atoms with E-state index in [1.54, 1.807) is 0 Å². The third kappa shape index (κ3) is 1.10. The molecule has 5 fully saturated rings. The molecule has 0 aromatic carbocycles. The number of carbonyl (C=O) groups is 1. The van der Waals surface area contributed by atoms with Crippen molar-refractivity contribution in [3.63, 3.8) is 0 Å². The predicted octanol–water partition coefficient (Wildman–Crippen LogP) is 3.32. The summed E-state index contributed by atoms with van der Waals surface area (Å²) >= 11 is 0. The second-order valence-corrected chi connectivity index (χ2v) is 8.85. The highest BCUT2D eigenvalue weighted by Gasteiger charge is 2.75. The number of rotatable bonds is 0. The van der Waals surface area contributed by atoms with Crippen molar-refractivity contribution in [1.82, 2.24) is 0 Å². The predicted molar refractivity (Wildman–Crippen MR) is 76.0 cm³/mol.